The fourth-order valence-corrected chi connectivity index (χ4v) is 14.0. The highest BCUT2D eigenvalue weighted by Crippen LogP contribution is 2.45. The van der Waals surface area contributed by atoms with E-state index >= 15 is 0 Å². The second-order valence-electron chi connectivity index (χ2n) is 13.9. The molecule has 0 N–H and O–H groups in total. The minimum Gasteiger partial charge on any atom is -0.458 e. The molecule has 2 nitrogen and oxygen atoms in total. The van der Waals surface area contributed by atoms with Crippen molar-refractivity contribution in [1.29, 1.82) is 0 Å². The van der Waals surface area contributed by atoms with Crippen molar-refractivity contribution in [2.24, 2.45) is 0 Å². The summed E-state index contributed by atoms with van der Waals surface area (Å²) in [6, 6.07) is 13.1. The first-order valence-electron chi connectivity index (χ1n) is 29.1. The SMILES string of the molecule is [2H]c1c([2H])c([2H])c2c(c1[2H])SB1c3c([2H])c([2H])c([Si](c4ccccc4)(c4ccccc4)c4ccccc4)c([2H])c3Oc3c([2H])c(-c4c([2H])c([2H])c([2H])c(-n5c6c([2H])c([2H])c([2H])c([2H])c6c6c([2H])c([2H])c([2H])c([2H])c65)c4[2H])c([2H])c-2c31. The van der Waals surface area contributed by atoms with E-state index in [1.54, 1.807) is 0 Å². The third kappa shape index (κ3) is 5.28. The maximum atomic E-state index is 10.4. The molecule has 2 aliphatic heterocycles. The molecule has 2 aliphatic rings. The number of benzene rings is 9. The molecule has 5 heteroatoms. The molecule has 276 valence electrons. The lowest BCUT2D eigenvalue weighted by Gasteiger charge is -2.37. The lowest BCUT2D eigenvalue weighted by molar-refractivity contribution is 0.488. The molecule has 0 saturated carbocycles. The van der Waals surface area contributed by atoms with Crippen LogP contribution < -0.4 is 36.4 Å². The van der Waals surface area contributed by atoms with E-state index in [-0.39, 0.29) is 50.0 Å². The standard InChI is InChI=1S/C54H36BNOSSi/c1-4-19-40(20-5-1)59(41-21-6-2-7-22-41,42-23-8-3-9-24-42)43-31-32-48-51(36-43)57-52-35-38(34-47-46-27-12-15-30-53(46)58-55(48)54(47)52)37-17-16-18-39(33-37)56-49-28-13-10-25-44(49)45-26-11-14-29-50(45)56/h1-36H/i10D,11D,12D,13D,14D,15D,16D,17D,18D,25D,26D,27D,28D,29D,30D,31D,32D,33D,34D,35D,36D. The highest BCUT2D eigenvalue weighted by molar-refractivity contribution is 8.28. The highest BCUT2D eigenvalue weighted by Gasteiger charge is 2.44. The summed E-state index contributed by atoms with van der Waals surface area (Å²) >= 11 is 0.859. The number of aromatic nitrogens is 1. The summed E-state index contributed by atoms with van der Waals surface area (Å²) in [5.74, 6) is -1.99. The number of para-hydroxylation sites is 2. The Bertz CT molecular complexity index is 4280. The van der Waals surface area contributed by atoms with Gasteiger partial charge in [0.2, 0.25) is 0 Å². The summed E-state index contributed by atoms with van der Waals surface area (Å²) in [5, 5.41) is 1.57. The first-order chi connectivity index (χ1) is 38.0. The molecule has 10 aromatic rings. The van der Waals surface area contributed by atoms with Crippen LogP contribution in [0.2, 0.25) is 0 Å². The van der Waals surface area contributed by atoms with Crippen molar-refractivity contribution in [1.82, 2.24) is 4.57 Å². The molecular weight excluding hydrogens is 750 g/mol. The summed E-state index contributed by atoms with van der Waals surface area (Å²) < 4.78 is 204. The van der Waals surface area contributed by atoms with Gasteiger partial charge in [0.1, 0.15) is 11.5 Å². The number of hydrogen-bond donors (Lipinski definition) is 0. The van der Waals surface area contributed by atoms with Crippen molar-refractivity contribution < 1.29 is 33.5 Å². The fraction of sp³-hybridized carbons (Fsp3) is 0. The zero-order chi connectivity index (χ0) is 57.2. The van der Waals surface area contributed by atoms with Crippen LogP contribution in [0.1, 0.15) is 28.8 Å². The van der Waals surface area contributed by atoms with E-state index < -0.39 is 173 Å². The topological polar surface area (TPSA) is 14.2 Å². The predicted molar refractivity (Wildman–Crippen MR) is 253 cm³/mol. The summed E-state index contributed by atoms with van der Waals surface area (Å²) in [7, 11) is -3.85. The van der Waals surface area contributed by atoms with Gasteiger partial charge in [0.15, 0.2) is 8.07 Å². The molecule has 0 radical (unpaired) electrons. The first-order valence-corrected chi connectivity index (χ1v) is 21.5. The number of hydrogen-bond acceptors (Lipinski definition) is 2. The summed E-state index contributed by atoms with van der Waals surface area (Å²) in [5.41, 5.74) is -3.73. The van der Waals surface area contributed by atoms with Gasteiger partial charge in [-0.05, 0) is 102 Å². The van der Waals surface area contributed by atoms with Gasteiger partial charge in [-0.1, -0.05) is 170 Å². The van der Waals surface area contributed by atoms with Crippen LogP contribution in [0, 0.1) is 0 Å². The van der Waals surface area contributed by atoms with Gasteiger partial charge in [0.05, 0.1) is 39.8 Å². The minimum atomic E-state index is -3.85. The molecule has 0 saturated heterocycles. The molecule has 0 amide bonds. The predicted octanol–water partition coefficient (Wildman–Crippen LogP) is 9.81. The lowest BCUT2D eigenvalue weighted by atomic mass is 9.57. The third-order valence-electron chi connectivity index (χ3n) is 10.8. The van der Waals surface area contributed by atoms with Gasteiger partial charge in [-0.3, -0.25) is 0 Å². The Kier molecular flexibility index (Phi) is 4.47. The van der Waals surface area contributed by atoms with Crippen molar-refractivity contribution >= 4 is 79.2 Å². The number of rotatable bonds is 6. The Hall–Kier alpha value is -6.79. The van der Waals surface area contributed by atoms with E-state index in [1.807, 2.05) is 91.0 Å². The monoisotopic (exact) mass is 806 g/mol. The average molecular weight is 807 g/mol. The van der Waals surface area contributed by atoms with Crippen LogP contribution in [0.3, 0.4) is 0 Å². The number of fused-ring (bicyclic) bond motifs is 7. The molecule has 0 spiro atoms. The molecule has 0 bridgehead atoms. The quantitative estimate of drug-likeness (QED) is 0.123. The van der Waals surface area contributed by atoms with E-state index in [2.05, 4.69) is 0 Å². The third-order valence-corrected chi connectivity index (χ3v) is 16.6. The van der Waals surface area contributed by atoms with Crippen LogP contribution >= 0.6 is 11.6 Å². The molecular formula is C54H36BNOSSi. The summed E-state index contributed by atoms with van der Waals surface area (Å²) in [6.07, 6.45) is 0. The van der Waals surface area contributed by atoms with Crippen molar-refractivity contribution in [3.05, 3.63) is 218 Å². The number of nitrogens with zero attached hydrogens (tertiary/aromatic N) is 1. The zero-order valence-electron chi connectivity index (χ0n) is 51.5. The van der Waals surface area contributed by atoms with Crippen molar-refractivity contribution in [3.63, 3.8) is 0 Å². The second-order valence-corrected chi connectivity index (χ2v) is 18.7. The van der Waals surface area contributed by atoms with Crippen LogP contribution in [0.25, 0.3) is 49.7 Å². The van der Waals surface area contributed by atoms with Crippen LogP contribution in [0.4, 0.5) is 0 Å². The van der Waals surface area contributed by atoms with E-state index in [0.29, 0.717) is 0 Å². The molecule has 12 rings (SSSR count). The second kappa shape index (κ2) is 13.7. The van der Waals surface area contributed by atoms with Crippen molar-refractivity contribution in [3.8, 4) is 39.4 Å². The minimum absolute atomic E-state index is 0.0487. The smallest absolute Gasteiger partial charge is 0.289 e. The fourth-order valence-electron chi connectivity index (χ4n) is 8.28. The Balaban J connectivity index is 1.23. The molecule has 0 atom stereocenters. The van der Waals surface area contributed by atoms with Crippen LogP contribution in [0.15, 0.2) is 223 Å². The van der Waals surface area contributed by atoms with Gasteiger partial charge in [0.25, 0.3) is 5.99 Å². The van der Waals surface area contributed by atoms with E-state index in [4.69, 9.17) is 18.4 Å². The van der Waals surface area contributed by atoms with Crippen LogP contribution in [-0.2, 0) is 0 Å². The molecule has 1 aromatic heterocycles. The van der Waals surface area contributed by atoms with Crippen molar-refractivity contribution in [2.45, 2.75) is 4.90 Å². The summed E-state index contributed by atoms with van der Waals surface area (Å²) in [6.45, 7) is 0. The van der Waals surface area contributed by atoms with Gasteiger partial charge >= 0.3 is 0 Å². The Morgan fingerprint density at radius 3 is 1.76 bits per heavy atom. The van der Waals surface area contributed by atoms with Crippen molar-refractivity contribution in [2.75, 3.05) is 0 Å². The Labute approximate surface area is 378 Å². The molecule has 0 aliphatic carbocycles. The Morgan fingerprint density at radius 2 is 1.10 bits per heavy atom. The van der Waals surface area contributed by atoms with E-state index in [9.17, 15) is 15.1 Å². The normalized spacial score (nSPS) is 17.8. The largest absolute Gasteiger partial charge is 0.458 e. The van der Waals surface area contributed by atoms with Gasteiger partial charge in [-0.2, -0.15) is 11.6 Å². The highest BCUT2D eigenvalue weighted by atomic mass is 32.2. The maximum absolute atomic E-state index is 10.4. The van der Waals surface area contributed by atoms with Gasteiger partial charge in [-0.25, -0.2) is 0 Å². The maximum Gasteiger partial charge on any atom is 0.289 e. The van der Waals surface area contributed by atoms with Gasteiger partial charge in [0, 0.05) is 21.4 Å². The molecule has 0 unspecified atom stereocenters. The van der Waals surface area contributed by atoms with Gasteiger partial charge in [-0.15, -0.1) is 0 Å². The van der Waals surface area contributed by atoms with E-state index in [0.717, 1.165) is 31.7 Å². The molecule has 3 heterocycles. The van der Waals surface area contributed by atoms with Gasteiger partial charge < -0.3 is 9.30 Å². The average Bonchev–Trinajstić information content (AvgIpc) is 1.64. The number of ether oxygens (including phenoxy) is 1. The lowest BCUT2D eigenvalue weighted by Crippen LogP contribution is -2.74. The summed E-state index contributed by atoms with van der Waals surface area (Å²) in [4.78, 5) is -0.110. The zero-order valence-corrected chi connectivity index (χ0v) is 32.3. The first kappa shape index (κ1) is 19.3. The van der Waals surface area contributed by atoms with Crippen LogP contribution in [-0.4, -0.2) is 18.6 Å². The molecule has 0 fully saturated rings. The molecule has 9 aromatic carbocycles. The molecule has 59 heavy (non-hydrogen) atoms. The Morgan fingerprint density at radius 1 is 0.492 bits per heavy atom. The van der Waals surface area contributed by atoms with E-state index in [1.165, 1.54) is 0 Å². The van der Waals surface area contributed by atoms with Crippen LogP contribution in [0.5, 0.6) is 11.5 Å².